The minimum absolute atomic E-state index is 0.0435. The number of aliphatic hydroxyl groups excluding tert-OH is 2. The Bertz CT molecular complexity index is 1240. The molecule has 3 aromatic rings. The number of rotatable bonds is 6. The molecule has 12 nitrogen and oxygen atoms in total. The first-order valence-corrected chi connectivity index (χ1v) is 10.6. The van der Waals surface area contributed by atoms with Crippen LogP contribution in [0.4, 0.5) is 5.82 Å². The number of nitrogens with zero attached hydrogens (tertiary/aromatic N) is 4. The lowest BCUT2D eigenvalue weighted by Gasteiger charge is -2.16. The number of hydrogen-bond donors (Lipinski definition) is 6. The van der Waals surface area contributed by atoms with Crippen LogP contribution in [0.5, 0.6) is 11.5 Å². The van der Waals surface area contributed by atoms with Gasteiger partial charge in [0.2, 0.25) is 0 Å². The van der Waals surface area contributed by atoms with Crippen molar-refractivity contribution in [3.63, 3.8) is 0 Å². The third-order valence-corrected chi connectivity index (χ3v) is 5.67. The number of nitrogens with one attached hydrogen (secondary N) is 1. The molecule has 0 aliphatic carbocycles. The summed E-state index contributed by atoms with van der Waals surface area (Å²) in [5, 5.41) is 43.5. The minimum Gasteiger partial charge on any atom is -0.504 e. The lowest BCUT2D eigenvalue weighted by Crippen LogP contribution is -2.31. The summed E-state index contributed by atoms with van der Waals surface area (Å²) in [6.07, 6.45) is 1.40. The van der Waals surface area contributed by atoms with Gasteiger partial charge in [0.15, 0.2) is 29.2 Å². The van der Waals surface area contributed by atoms with Crippen molar-refractivity contribution in [2.75, 3.05) is 12.3 Å². The first kappa shape index (κ1) is 23.4. The van der Waals surface area contributed by atoms with E-state index in [4.69, 9.17) is 10.5 Å². The summed E-state index contributed by atoms with van der Waals surface area (Å²) in [6, 6.07) is 2.94. The summed E-state index contributed by atoms with van der Waals surface area (Å²) < 4.78 is 7.26. The van der Waals surface area contributed by atoms with E-state index >= 15 is 0 Å². The molecular formula is C22H26N6O6. The molecule has 7 N–H and O–H groups in total. The quantitative estimate of drug-likeness (QED) is 0.219. The van der Waals surface area contributed by atoms with Gasteiger partial charge in [0, 0.05) is 6.54 Å². The number of phenolic OH excluding ortho intramolecular Hbond substituents is 2. The molecule has 4 unspecified atom stereocenters. The van der Waals surface area contributed by atoms with Crippen LogP contribution in [0.1, 0.15) is 41.9 Å². The highest BCUT2D eigenvalue weighted by molar-refractivity contribution is 5.98. The maximum atomic E-state index is 12.5. The van der Waals surface area contributed by atoms with Gasteiger partial charge < -0.3 is 36.2 Å². The predicted octanol–water partition coefficient (Wildman–Crippen LogP) is 0.548. The van der Waals surface area contributed by atoms with Gasteiger partial charge >= 0.3 is 0 Å². The van der Waals surface area contributed by atoms with Crippen molar-refractivity contribution >= 4 is 22.9 Å². The van der Waals surface area contributed by atoms with Crippen LogP contribution in [0.3, 0.4) is 0 Å². The van der Waals surface area contributed by atoms with Gasteiger partial charge in [0.25, 0.3) is 5.91 Å². The first-order valence-electron chi connectivity index (χ1n) is 10.6. The second-order valence-corrected chi connectivity index (χ2v) is 8.28. The van der Waals surface area contributed by atoms with E-state index in [1.54, 1.807) is 6.08 Å². The zero-order chi connectivity index (χ0) is 24.6. The number of ether oxygens (including phenoxy) is 1. The number of anilines is 1. The predicted molar refractivity (Wildman–Crippen MR) is 121 cm³/mol. The Morgan fingerprint density at radius 1 is 1.24 bits per heavy atom. The molecule has 1 aliphatic rings. The summed E-state index contributed by atoms with van der Waals surface area (Å²) in [5.41, 5.74) is 7.16. The Morgan fingerprint density at radius 3 is 2.74 bits per heavy atom. The molecule has 0 spiro atoms. The van der Waals surface area contributed by atoms with Crippen LogP contribution in [0.25, 0.3) is 11.2 Å². The average Bonchev–Trinajstić information content (AvgIpc) is 3.35. The number of aliphatic hydroxyl groups is 2. The second kappa shape index (κ2) is 9.25. The Hall–Kier alpha value is -3.74. The fraction of sp³-hybridized carbons (Fsp3) is 0.364. The van der Waals surface area contributed by atoms with Crippen molar-refractivity contribution in [2.45, 2.75) is 44.3 Å². The largest absolute Gasteiger partial charge is 0.504 e. The Balaban J connectivity index is 1.42. The van der Waals surface area contributed by atoms with E-state index in [1.165, 1.54) is 35.4 Å². The molecule has 4 rings (SSSR count). The van der Waals surface area contributed by atoms with Gasteiger partial charge in [0.05, 0.1) is 11.9 Å². The lowest BCUT2D eigenvalue weighted by atomic mass is 9.99. The van der Waals surface area contributed by atoms with Gasteiger partial charge in [-0.1, -0.05) is 26.0 Å². The number of nitrogen functional groups attached to an aromatic ring is 1. The number of aromatic hydroxyl groups is 2. The summed E-state index contributed by atoms with van der Waals surface area (Å²) in [5.74, 6) is -1.21. The number of nitrogens with two attached hydrogens (primary N) is 1. The van der Waals surface area contributed by atoms with E-state index in [2.05, 4.69) is 20.3 Å². The van der Waals surface area contributed by atoms with E-state index in [-0.39, 0.29) is 29.6 Å². The van der Waals surface area contributed by atoms with Gasteiger partial charge in [-0.15, -0.1) is 0 Å². The third kappa shape index (κ3) is 4.25. The van der Waals surface area contributed by atoms with Crippen LogP contribution in [0.15, 0.2) is 36.9 Å². The Labute approximate surface area is 194 Å². The number of phenols is 2. The van der Waals surface area contributed by atoms with Crippen molar-refractivity contribution in [1.29, 1.82) is 0 Å². The van der Waals surface area contributed by atoms with E-state index in [0.717, 1.165) is 0 Å². The molecule has 0 radical (unpaired) electrons. The standard InChI is InChI=1S/C22H26N6O6/c1-10(2)11-6-12(16(30)13(29)7-11)21(33)24-5-3-4-14-17(31)18(32)22(34-14)28-9-27-15-19(23)25-8-26-20(15)28/h3-4,6-10,14,17-18,22,29-32H,5H2,1-2H3,(H,24,33)(H2,23,25,26). The molecule has 180 valence electrons. The van der Waals surface area contributed by atoms with Gasteiger partial charge in [-0.25, -0.2) is 15.0 Å². The summed E-state index contributed by atoms with van der Waals surface area (Å²) in [4.78, 5) is 24.6. The van der Waals surface area contributed by atoms with E-state index in [9.17, 15) is 25.2 Å². The average molecular weight is 470 g/mol. The second-order valence-electron chi connectivity index (χ2n) is 8.28. The molecule has 1 fully saturated rings. The number of fused-ring (bicyclic) bond motifs is 1. The maximum Gasteiger partial charge on any atom is 0.255 e. The van der Waals surface area contributed by atoms with Gasteiger partial charge in [-0.2, -0.15) is 0 Å². The fourth-order valence-corrected chi connectivity index (χ4v) is 3.73. The molecule has 12 heteroatoms. The highest BCUT2D eigenvalue weighted by Crippen LogP contribution is 2.34. The van der Waals surface area contributed by atoms with Crippen molar-refractivity contribution < 1.29 is 30.0 Å². The molecule has 0 saturated carbocycles. The van der Waals surface area contributed by atoms with Crippen LogP contribution in [-0.4, -0.2) is 70.7 Å². The van der Waals surface area contributed by atoms with Crippen molar-refractivity contribution in [2.24, 2.45) is 0 Å². The molecule has 1 aromatic carbocycles. The number of hydrogen-bond acceptors (Lipinski definition) is 10. The van der Waals surface area contributed by atoms with E-state index < -0.39 is 36.2 Å². The fourth-order valence-electron chi connectivity index (χ4n) is 3.73. The SMILES string of the molecule is CC(C)c1cc(O)c(O)c(C(=O)NCC=CC2OC(n3cnc4c(N)ncnc43)C(O)C2O)c1. The smallest absolute Gasteiger partial charge is 0.255 e. The third-order valence-electron chi connectivity index (χ3n) is 5.67. The van der Waals surface area contributed by atoms with Crippen LogP contribution >= 0.6 is 0 Å². The number of carbonyl (C=O) groups is 1. The topological polar surface area (TPSA) is 189 Å². The Morgan fingerprint density at radius 2 is 2.00 bits per heavy atom. The molecule has 2 aromatic heterocycles. The molecule has 4 atom stereocenters. The van der Waals surface area contributed by atoms with Gasteiger partial charge in [-0.3, -0.25) is 9.36 Å². The zero-order valence-electron chi connectivity index (χ0n) is 18.5. The van der Waals surface area contributed by atoms with Crippen molar-refractivity contribution in [1.82, 2.24) is 24.8 Å². The Kier molecular flexibility index (Phi) is 6.37. The number of amides is 1. The van der Waals surface area contributed by atoms with Crippen molar-refractivity contribution in [3.05, 3.63) is 48.1 Å². The van der Waals surface area contributed by atoms with Gasteiger partial charge in [-0.05, 0) is 23.6 Å². The highest BCUT2D eigenvalue weighted by Gasteiger charge is 2.43. The summed E-state index contributed by atoms with van der Waals surface area (Å²) in [7, 11) is 0. The monoisotopic (exact) mass is 470 g/mol. The van der Waals surface area contributed by atoms with E-state index in [0.29, 0.717) is 16.7 Å². The molecule has 1 saturated heterocycles. The molecule has 34 heavy (non-hydrogen) atoms. The van der Waals surface area contributed by atoms with Crippen LogP contribution in [0, 0.1) is 0 Å². The normalized spacial score (nSPS) is 22.7. The molecular weight excluding hydrogens is 444 g/mol. The number of aromatic nitrogens is 4. The highest BCUT2D eigenvalue weighted by atomic mass is 16.6. The summed E-state index contributed by atoms with van der Waals surface area (Å²) >= 11 is 0. The number of carbonyl (C=O) groups excluding carboxylic acids is 1. The lowest BCUT2D eigenvalue weighted by molar-refractivity contribution is -0.0245. The van der Waals surface area contributed by atoms with Crippen LogP contribution < -0.4 is 11.1 Å². The van der Waals surface area contributed by atoms with Crippen LogP contribution in [0.2, 0.25) is 0 Å². The van der Waals surface area contributed by atoms with Gasteiger partial charge in [0.1, 0.15) is 30.2 Å². The molecule has 1 amide bonds. The number of benzene rings is 1. The molecule has 1 aliphatic heterocycles. The minimum atomic E-state index is -1.27. The maximum absolute atomic E-state index is 12.5. The van der Waals surface area contributed by atoms with E-state index in [1.807, 2.05) is 13.8 Å². The summed E-state index contributed by atoms with van der Waals surface area (Å²) in [6.45, 7) is 3.86. The van der Waals surface area contributed by atoms with Crippen molar-refractivity contribution in [3.8, 4) is 11.5 Å². The first-order chi connectivity index (χ1) is 16.2. The number of imidazole rings is 1. The molecule has 0 bridgehead atoms. The molecule has 3 heterocycles. The van der Waals surface area contributed by atoms with Crippen LogP contribution in [-0.2, 0) is 4.74 Å². The zero-order valence-corrected chi connectivity index (χ0v) is 18.5.